The average molecular weight is 319 g/mol. The van der Waals surface area contributed by atoms with Crippen LogP contribution >= 0.6 is 0 Å². The fourth-order valence-corrected chi connectivity index (χ4v) is 4.64. The molecular formula is C22H27N2+. The zero-order chi connectivity index (χ0) is 16.6. The standard InChI is InChI=1S/C22H27N2/c1-3-15-24(17-18-9-5-4-6-10-18)21-12-8-7-11-19(21)20-16-23(2)14-13-22(20)24/h4-12H,3,13-17H2,1-2H3/q+1/t24-/m1/s1. The van der Waals surface area contributed by atoms with Gasteiger partial charge in [0.25, 0.3) is 0 Å². The summed E-state index contributed by atoms with van der Waals surface area (Å²) in [4.78, 5) is 2.46. The number of hydrogen-bond acceptors (Lipinski definition) is 1. The molecule has 0 bridgehead atoms. The van der Waals surface area contributed by atoms with Gasteiger partial charge in [0.05, 0.1) is 6.54 Å². The third-order valence-electron chi connectivity index (χ3n) is 5.61. The molecule has 2 aliphatic rings. The summed E-state index contributed by atoms with van der Waals surface area (Å²) in [6.07, 6.45) is 2.39. The van der Waals surface area contributed by atoms with Gasteiger partial charge < -0.3 is 4.90 Å². The van der Waals surface area contributed by atoms with Crippen LogP contribution in [-0.2, 0) is 6.54 Å². The van der Waals surface area contributed by atoms with Gasteiger partial charge >= 0.3 is 0 Å². The lowest BCUT2D eigenvalue weighted by atomic mass is 10.0. The molecule has 0 saturated carbocycles. The zero-order valence-corrected chi connectivity index (χ0v) is 14.8. The van der Waals surface area contributed by atoms with E-state index in [-0.39, 0.29) is 0 Å². The van der Waals surface area contributed by atoms with Gasteiger partial charge in [-0.2, -0.15) is 0 Å². The SMILES string of the molecule is CCC[N@+]1(Cc2ccccc2)C2=C(CN(C)CC2)c2ccccc21. The second kappa shape index (κ2) is 6.19. The lowest BCUT2D eigenvalue weighted by molar-refractivity contribution is 0.291. The van der Waals surface area contributed by atoms with E-state index >= 15 is 0 Å². The first-order valence-corrected chi connectivity index (χ1v) is 9.17. The molecule has 2 heteroatoms. The summed E-state index contributed by atoms with van der Waals surface area (Å²) < 4.78 is 1.04. The van der Waals surface area contributed by atoms with Crippen molar-refractivity contribution in [1.82, 2.24) is 9.38 Å². The summed E-state index contributed by atoms with van der Waals surface area (Å²) in [5.74, 6) is 0. The second-order valence-electron chi connectivity index (χ2n) is 7.27. The van der Waals surface area contributed by atoms with Crippen LogP contribution in [-0.4, -0.2) is 31.6 Å². The Labute approximate surface area is 145 Å². The highest BCUT2D eigenvalue weighted by molar-refractivity contribution is 5.86. The molecule has 2 aliphatic heterocycles. The molecule has 0 saturated heterocycles. The number of benzene rings is 2. The third-order valence-corrected chi connectivity index (χ3v) is 5.61. The van der Waals surface area contributed by atoms with Crippen LogP contribution in [0.4, 0.5) is 5.69 Å². The molecule has 1 atom stereocenters. The Morgan fingerprint density at radius 2 is 1.75 bits per heavy atom. The van der Waals surface area contributed by atoms with E-state index in [9.17, 15) is 0 Å². The van der Waals surface area contributed by atoms with Gasteiger partial charge in [0.1, 0.15) is 17.9 Å². The highest BCUT2D eigenvalue weighted by Gasteiger charge is 2.46. The van der Waals surface area contributed by atoms with Gasteiger partial charge in [-0.1, -0.05) is 49.4 Å². The summed E-state index contributed by atoms with van der Waals surface area (Å²) in [5, 5.41) is 0. The monoisotopic (exact) mass is 319 g/mol. The van der Waals surface area contributed by atoms with Gasteiger partial charge in [-0.3, -0.25) is 4.48 Å². The van der Waals surface area contributed by atoms with Crippen molar-refractivity contribution in [3.05, 3.63) is 71.4 Å². The van der Waals surface area contributed by atoms with Crippen LogP contribution in [0.3, 0.4) is 0 Å². The van der Waals surface area contributed by atoms with E-state index < -0.39 is 0 Å². The van der Waals surface area contributed by atoms with Crippen LogP contribution in [0.1, 0.15) is 30.9 Å². The summed E-state index contributed by atoms with van der Waals surface area (Å²) in [6, 6.07) is 20.1. The molecule has 0 fully saturated rings. The minimum atomic E-state index is 1.04. The van der Waals surface area contributed by atoms with Gasteiger partial charge in [0.2, 0.25) is 0 Å². The first-order valence-electron chi connectivity index (χ1n) is 9.17. The van der Waals surface area contributed by atoms with Crippen LogP contribution in [0.15, 0.2) is 60.3 Å². The molecule has 24 heavy (non-hydrogen) atoms. The van der Waals surface area contributed by atoms with Gasteiger partial charge in [-0.05, 0) is 19.5 Å². The van der Waals surface area contributed by atoms with Crippen molar-refractivity contribution in [3.63, 3.8) is 0 Å². The van der Waals surface area contributed by atoms with E-state index in [0.717, 1.165) is 17.6 Å². The second-order valence-corrected chi connectivity index (χ2v) is 7.27. The zero-order valence-electron chi connectivity index (χ0n) is 14.8. The third kappa shape index (κ3) is 2.42. The normalized spacial score (nSPS) is 23.2. The van der Waals surface area contributed by atoms with Crippen molar-refractivity contribution >= 4 is 11.3 Å². The predicted molar refractivity (Wildman–Crippen MR) is 103 cm³/mol. The van der Waals surface area contributed by atoms with Crippen molar-refractivity contribution in [2.24, 2.45) is 0 Å². The molecule has 0 amide bonds. The fourth-order valence-electron chi connectivity index (χ4n) is 4.64. The lowest BCUT2D eigenvalue weighted by Crippen LogP contribution is -2.48. The van der Waals surface area contributed by atoms with E-state index in [0.29, 0.717) is 0 Å². The van der Waals surface area contributed by atoms with Crippen LogP contribution in [0.2, 0.25) is 0 Å². The van der Waals surface area contributed by atoms with E-state index in [1.807, 2.05) is 0 Å². The molecule has 0 N–H and O–H groups in total. The largest absolute Gasteiger partial charge is 0.301 e. The Morgan fingerprint density at radius 3 is 2.54 bits per heavy atom. The Kier molecular flexibility index (Phi) is 4.03. The predicted octanol–water partition coefficient (Wildman–Crippen LogP) is 4.66. The van der Waals surface area contributed by atoms with Crippen LogP contribution < -0.4 is 4.48 Å². The van der Waals surface area contributed by atoms with Gasteiger partial charge in [-0.25, -0.2) is 0 Å². The maximum atomic E-state index is 2.46. The van der Waals surface area contributed by atoms with Gasteiger partial charge in [0, 0.05) is 42.3 Å². The minimum absolute atomic E-state index is 1.04. The summed E-state index contributed by atoms with van der Waals surface area (Å²) >= 11 is 0. The van der Waals surface area contributed by atoms with Crippen molar-refractivity contribution < 1.29 is 0 Å². The fraction of sp³-hybridized carbons (Fsp3) is 0.364. The Bertz CT molecular complexity index is 763. The summed E-state index contributed by atoms with van der Waals surface area (Å²) in [6.45, 7) is 6.85. The Hall–Kier alpha value is -1.90. The maximum absolute atomic E-state index is 2.46. The lowest BCUT2D eigenvalue weighted by Gasteiger charge is -2.38. The molecule has 0 radical (unpaired) electrons. The summed E-state index contributed by atoms with van der Waals surface area (Å²) in [5.41, 5.74) is 7.70. The van der Waals surface area contributed by atoms with Gasteiger partial charge in [-0.15, -0.1) is 0 Å². The molecule has 2 heterocycles. The molecule has 0 unspecified atom stereocenters. The molecule has 0 aromatic heterocycles. The van der Waals surface area contributed by atoms with Crippen LogP contribution in [0.25, 0.3) is 5.57 Å². The van der Waals surface area contributed by atoms with Crippen LogP contribution in [0.5, 0.6) is 0 Å². The molecular weight excluding hydrogens is 292 g/mol. The quantitative estimate of drug-likeness (QED) is 0.741. The number of nitrogens with zero attached hydrogens (tertiary/aromatic N) is 2. The number of fused-ring (bicyclic) bond motifs is 2. The van der Waals surface area contributed by atoms with E-state index in [1.54, 1.807) is 11.3 Å². The molecule has 0 spiro atoms. The number of likely N-dealkylation sites (N-methyl/N-ethyl adjacent to an activating group) is 1. The van der Waals surface area contributed by atoms with Crippen molar-refractivity contribution in [2.75, 3.05) is 26.7 Å². The minimum Gasteiger partial charge on any atom is -0.301 e. The Balaban J connectivity index is 1.88. The number of quaternary nitrogens is 1. The summed E-state index contributed by atoms with van der Waals surface area (Å²) in [7, 11) is 2.25. The number of rotatable bonds is 4. The first kappa shape index (κ1) is 15.6. The molecule has 2 aromatic rings. The van der Waals surface area contributed by atoms with Crippen LogP contribution in [0, 0.1) is 0 Å². The van der Waals surface area contributed by atoms with Crippen molar-refractivity contribution in [3.8, 4) is 0 Å². The highest BCUT2D eigenvalue weighted by Crippen LogP contribution is 2.49. The van der Waals surface area contributed by atoms with Gasteiger partial charge in [0.15, 0.2) is 0 Å². The molecule has 2 aromatic carbocycles. The number of hydrogen-bond donors (Lipinski definition) is 0. The number of para-hydroxylation sites is 1. The molecule has 0 aliphatic carbocycles. The van der Waals surface area contributed by atoms with Crippen molar-refractivity contribution in [1.29, 1.82) is 0 Å². The highest BCUT2D eigenvalue weighted by atomic mass is 15.4. The first-order chi connectivity index (χ1) is 11.7. The average Bonchev–Trinajstić information content (AvgIpc) is 2.86. The topological polar surface area (TPSA) is 3.24 Å². The molecule has 4 rings (SSSR count). The molecule has 124 valence electrons. The molecule has 2 nitrogen and oxygen atoms in total. The maximum Gasteiger partial charge on any atom is 0.145 e. The van der Waals surface area contributed by atoms with E-state index in [1.165, 1.54) is 42.7 Å². The van der Waals surface area contributed by atoms with Crippen molar-refractivity contribution in [2.45, 2.75) is 26.3 Å². The Morgan fingerprint density at radius 1 is 1.00 bits per heavy atom. The van der Waals surface area contributed by atoms with E-state index in [2.05, 4.69) is 73.5 Å². The van der Waals surface area contributed by atoms with E-state index in [4.69, 9.17) is 0 Å². The smallest absolute Gasteiger partial charge is 0.145 e.